The topological polar surface area (TPSA) is 28.4 Å². The molecule has 0 aliphatic heterocycles. The third-order valence-corrected chi connectivity index (χ3v) is 3.17. The van der Waals surface area contributed by atoms with Crippen LogP contribution in [0.1, 0.15) is 5.76 Å². The first kappa shape index (κ1) is 20.3. The summed E-state index contributed by atoms with van der Waals surface area (Å²) >= 11 is 6.15. The van der Waals surface area contributed by atoms with Gasteiger partial charge in [-0.1, -0.05) is 23.7 Å². The molecule has 0 atom stereocenters. The van der Waals surface area contributed by atoms with Crippen molar-refractivity contribution >= 4 is 11.6 Å². The van der Waals surface area contributed by atoms with Crippen LogP contribution in [0.4, 0.5) is 0 Å². The maximum atomic E-state index is 6.15. The van der Waals surface area contributed by atoms with Gasteiger partial charge in [0.05, 0.1) is 11.6 Å². The zero-order chi connectivity index (χ0) is 13.7. The quantitative estimate of drug-likeness (QED) is 0.574. The first-order valence-corrected chi connectivity index (χ1v) is 6.73. The number of hydrogen-bond acceptors (Lipinski definition) is 3. The monoisotopic (exact) mass is 348 g/mol. The summed E-state index contributed by atoms with van der Waals surface area (Å²) in [6.45, 7) is 2.69. The van der Waals surface area contributed by atoms with Crippen molar-refractivity contribution in [2.45, 2.75) is 6.54 Å². The van der Waals surface area contributed by atoms with E-state index in [9.17, 15) is 0 Å². The average Bonchev–Trinajstić information content (AvgIpc) is 2.83. The molecule has 0 amide bonds. The highest BCUT2D eigenvalue weighted by Crippen LogP contribution is 2.28. The van der Waals surface area contributed by atoms with Crippen LogP contribution in [0.3, 0.4) is 0 Å². The van der Waals surface area contributed by atoms with Crippen LogP contribution in [0.15, 0.2) is 40.8 Å². The van der Waals surface area contributed by atoms with Crippen molar-refractivity contribution < 1.29 is 29.2 Å². The molecule has 3 nitrogen and oxygen atoms in total. The minimum atomic E-state index is 0. The van der Waals surface area contributed by atoms with E-state index < -0.39 is 0 Å². The number of benzene rings is 1. The first-order valence-electron chi connectivity index (χ1n) is 6.36. The summed E-state index contributed by atoms with van der Waals surface area (Å²) in [5.41, 5.74) is 0.934. The van der Waals surface area contributed by atoms with E-state index in [2.05, 4.69) is 24.3 Å². The number of furan rings is 1. The van der Waals surface area contributed by atoms with Gasteiger partial charge in [-0.2, -0.15) is 0 Å². The fourth-order valence-corrected chi connectivity index (χ4v) is 2.02. The van der Waals surface area contributed by atoms with Crippen LogP contribution in [-0.2, 0) is 6.54 Å². The molecule has 0 aliphatic rings. The molecule has 0 saturated heterocycles. The standard InChI is InChI=1S/C15H19ClN2O.2ClH/c1-18(2)10-9-17-11-12-7-8-15(19-12)13-5-3-4-6-14(13)16;;/h3-8,17H,9-11H2,1-2H3;2*1H/p-2. The Morgan fingerprint density at radius 3 is 2.48 bits per heavy atom. The van der Waals surface area contributed by atoms with Crippen LogP contribution in [0.25, 0.3) is 11.3 Å². The molecule has 2 aromatic rings. The molecular formula is C15H19Cl3N2O-2. The Hall–Kier alpha value is -0.710. The second-order valence-corrected chi connectivity index (χ2v) is 5.13. The summed E-state index contributed by atoms with van der Waals surface area (Å²) in [4.78, 5) is 2.14. The lowest BCUT2D eigenvalue weighted by molar-refractivity contribution is -0.00100. The Kier molecular flexibility index (Phi) is 9.75. The Bertz CT molecular complexity index is 529. The number of likely N-dealkylation sites (N-methyl/N-ethyl adjacent to an activating group) is 1. The van der Waals surface area contributed by atoms with E-state index in [4.69, 9.17) is 16.0 Å². The fourth-order valence-electron chi connectivity index (χ4n) is 1.79. The molecule has 6 heteroatoms. The maximum Gasteiger partial charge on any atom is 0.135 e. The van der Waals surface area contributed by atoms with E-state index in [0.29, 0.717) is 5.02 Å². The highest BCUT2D eigenvalue weighted by atomic mass is 35.5. The summed E-state index contributed by atoms with van der Waals surface area (Å²) in [6, 6.07) is 11.7. The van der Waals surface area contributed by atoms with Crippen LogP contribution in [0.2, 0.25) is 5.02 Å². The van der Waals surface area contributed by atoms with Crippen molar-refractivity contribution in [2.75, 3.05) is 27.2 Å². The van der Waals surface area contributed by atoms with Crippen molar-refractivity contribution in [2.24, 2.45) is 0 Å². The van der Waals surface area contributed by atoms with Gasteiger partial charge in [-0.05, 0) is 38.4 Å². The molecule has 0 bridgehead atoms. The lowest BCUT2D eigenvalue weighted by Gasteiger charge is -2.09. The van der Waals surface area contributed by atoms with Gasteiger partial charge in [0.15, 0.2) is 0 Å². The Labute approximate surface area is 143 Å². The summed E-state index contributed by atoms with van der Waals surface area (Å²) in [6.07, 6.45) is 0. The van der Waals surface area contributed by atoms with Gasteiger partial charge in [0.2, 0.25) is 0 Å². The van der Waals surface area contributed by atoms with Crippen LogP contribution < -0.4 is 30.1 Å². The molecule has 1 N–H and O–H groups in total. The number of hydrogen-bond donors (Lipinski definition) is 1. The smallest absolute Gasteiger partial charge is 0.135 e. The van der Waals surface area contributed by atoms with E-state index in [1.54, 1.807) is 0 Å². The van der Waals surface area contributed by atoms with Gasteiger partial charge < -0.3 is 39.4 Å². The molecule has 0 fully saturated rings. The van der Waals surface area contributed by atoms with Crippen LogP contribution in [-0.4, -0.2) is 32.1 Å². The van der Waals surface area contributed by atoms with Crippen LogP contribution in [0, 0.1) is 0 Å². The van der Waals surface area contributed by atoms with Gasteiger partial charge >= 0.3 is 0 Å². The lowest BCUT2D eigenvalue weighted by Crippen LogP contribution is -3.00. The lowest BCUT2D eigenvalue weighted by atomic mass is 10.2. The molecule has 1 aromatic carbocycles. The molecule has 1 aromatic heterocycles. The summed E-state index contributed by atoms with van der Waals surface area (Å²) in [5, 5.41) is 4.06. The number of halogens is 3. The summed E-state index contributed by atoms with van der Waals surface area (Å²) in [5.74, 6) is 1.74. The second kappa shape index (κ2) is 10.1. The third-order valence-electron chi connectivity index (χ3n) is 2.84. The molecule has 1 heterocycles. The summed E-state index contributed by atoms with van der Waals surface area (Å²) in [7, 11) is 4.12. The number of nitrogens with zero attached hydrogens (tertiary/aromatic N) is 1. The molecule has 0 aliphatic carbocycles. The van der Waals surface area contributed by atoms with E-state index in [-0.39, 0.29) is 24.8 Å². The molecule has 118 valence electrons. The Balaban J connectivity index is 0.00000200. The fraction of sp³-hybridized carbons (Fsp3) is 0.333. The molecular weight excluding hydrogens is 331 g/mol. The minimum absolute atomic E-state index is 0. The Morgan fingerprint density at radius 1 is 1.10 bits per heavy atom. The summed E-state index contributed by atoms with van der Waals surface area (Å²) < 4.78 is 5.80. The third kappa shape index (κ3) is 6.29. The van der Waals surface area contributed by atoms with Crippen molar-refractivity contribution in [3.05, 3.63) is 47.2 Å². The first-order chi connectivity index (χ1) is 9.16. The maximum absolute atomic E-state index is 6.15. The second-order valence-electron chi connectivity index (χ2n) is 4.73. The van der Waals surface area contributed by atoms with Crippen molar-refractivity contribution in [1.29, 1.82) is 0 Å². The number of rotatable bonds is 6. The van der Waals surface area contributed by atoms with Gasteiger partial charge in [-0.3, -0.25) is 0 Å². The molecule has 2 rings (SSSR count). The largest absolute Gasteiger partial charge is 1.00 e. The molecule has 0 spiro atoms. The highest BCUT2D eigenvalue weighted by Gasteiger charge is 2.07. The van der Waals surface area contributed by atoms with E-state index >= 15 is 0 Å². The van der Waals surface area contributed by atoms with Crippen molar-refractivity contribution in [3.8, 4) is 11.3 Å². The van der Waals surface area contributed by atoms with Gasteiger partial charge in [-0.25, -0.2) is 0 Å². The predicted molar refractivity (Wildman–Crippen MR) is 79.4 cm³/mol. The highest BCUT2D eigenvalue weighted by molar-refractivity contribution is 6.33. The van der Waals surface area contributed by atoms with Crippen LogP contribution >= 0.6 is 11.6 Å². The normalized spacial score (nSPS) is 10.1. The predicted octanol–water partition coefficient (Wildman–Crippen LogP) is -2.74. The zero-order valence-electron chi connectivity index (χ0n) is 12.1. The Morgan fingerprint density at radius 2 is 1.81 bits per heavy atom. The molecule has 0 saturated carbocycles. The molecule has 0 radical (unpaired) electrons. The van der Waals surface area contributed by atoms with Gasteiger partial charge in [0.25, 0.3) is 0 Å². The SMILES string of the molecule is CN(C)CCNCc1ccc(-c2ccccc2Cl)o1.[Cl-].[Cl-]. The van der Waals surface area contributed by atoms with Gasteiger partial charge in [0, 0.05) is 18.7 Å². The zero-order valence-corrected chi connectivity index (χ0v) is 14.3. The minimum Gasteiger partial charge on any atom is -1.00 e. The molecule has 21 heavy (non-hydrogen) atoms. The van der Waals surface area contributed by atoms with E-state index in [1.807, 2.05) is 36.4 Å². The van der Waals surface area contributed by atoms with Gasteiger partial charge in [-0.15, -0.1) is 0 Å². The van der Waals surface area contributed by atoms with Crippen molar-refractivity contribution in [1.82, 2.24) is 10.2 Å². The average molecular weight is 350 g/mol. The van der Waals surface area contributed by atoms with Crippen LogP contribution in [0.5, 0.6) is 0 Å². The van der Waals surface area contributed by atoms with E-state index in [1.165, 1.54) is 0 Å². The van der Waals surface area contributed by atoms with Crippen molar-refractivity contribution in [3.63, 3.8) is 0 Å². The van der Waals surface area contributed by atoms with E-state index in [0.717, 1.165) is 36.7 Å². The number of nitrogens with one attached hydrogen (secondary N) is 1. The van der Waals surface area contributed by atoms with Gasteiger partial charge in [0.1, 0.15) is 11.5 Å². The molecule has 0 unspecified atom stereocenters.